The molecule has 0 radical (unpaired) electrons. The van der Waals surface area contributed by atoms with Crippen molar-refractivity contribution >= 4 is 11.3 Å². The lowest BCUT2D eigenvalue weighted by Gasteiger charge is -2.01. The molecule has 0 atom stereocenters. The normalized spacial score (nSPS) is 10.7. The molecule has 8 heteroatoms. The van der Waals surface area contributed by atoms with Gasteiger partial charge in [0.25, 0.3) is 5.95 Å². The molecular formula is C14H9N7S. The zero-order valence-corrected chi connectivity index (χ0v) is 12.1. The molecule has 0 aromatic carbocycles. The van der Waals surface area contributed by atoms with Gasteiger partial charge in [-0.25, -0.2) is 9.97 Å². The van der Waals surface area contributed by atoms with E-state index in [1.165, 1.54) is 11.3 Å². The third-order valence-corrected chi connectivity index (χ3v) is 3.93. The Balaban J connectivity index is 1.76. The summed E-state index contributed by atoms with van der Waals surface area (Å²) in [6.45, 7) is 0. The van der Waals surface area contributed by atoms with Crippen LogP contribution < -0.4 is 0 Å². The summed E-state index contributed by atoms with van der Waals surface area (Å²) in [5.41, 5.74) is 1.74. The first kappa shape index (κ1) is 12.7. The van der Waals surface area contributed by atoms with Gasteiger partial charge in [-0.2, -0.15) is 9.78 Å². The Bertz CT molecular complexity index is 886. The highest BCUT2D eigenvalue weighted by Gasteiger charge is 2.14. The molecule has 0 spiro atoms. The molecule has 0 unspecified atom stereocenters. The van der Waals surface area contributed by atoms with Crippen LogP contribution in [0.5, 0.6) is 0 Å². The fourth-order valence-electron chi connectivity index (χ4n) is 1.96. The quantitative estimate of drug-likeness (QED) is 0.577. The van der Waals surface area contributed by atoms with E-state index in [-0.39, 0.29) is 0 Å². The molecule has 0 aliphatic heterocycles. The summed E-state index contributed by atoms with van der Waals surface area (Å²) in [4.78, 5) is 12.5. The maximum atomic E-state index is 4.26. The Morgan fingerprint density at radius 3 is 2.55 bits per heavy atom. The van der Waals surface area contributed by atoms with Gasteiger partial charge in [-0.15, -0.1) is 10.2 Å². The third kappa shape index (κ3) is 2.25. The lowest BCUT2D eigenvalue weighted by molar-refractivity contribution is 0.812. The Labute approximate surface area is 129 Å². The monoisotopic (exact) mass is 307 g/mol. The van der Waals surface area contributed by atoms with Crippen LogP contribution in [0.3, 0.4) is 0 Å². The largest absolute Gasteiger partial charge is 0.264 e. The van der Waals surface area contributed by atoms with Crippen molar-refractivity contribution in [3.8, 4) is 27.2 Å². The van der Waals surface area contributed by atoms with Crippen LogP contribution >= 0.6 is 11.3 Å². The van der Waals surface area contributed by atoms with Gasteiger partial charge in [0.15, 0.2) is 5.01 Å². The number of hydrogen-bond acceptors (Lipinski definition) is 7. The predicted octanol–water partition coefficient (Wildman–Crippen LogP) is 2.24. The molecule has 0 saturated carbocycles. The van der Waals surface area contributed by atoms with Gasteiger partial charge in [0.1, 0.15) is 10.7 Å². The highest BCUT2D eigenvalue weighted by Crippen LogP contribution is 2.29. The van der Waals surface area contributed by atoms with Crippen LogP contribution in [0.15, 0.2) is 55.2 Å². The van der Waals surface area contributed by atoms with Gasteiger partial charge in [-0.05, 0) is 24.3 Å². The predicted molar refractivity (Wildman–Crippen MR) is 81.3 cm³/mol. The van der Waals surface area contributed by atoms with E-state index in [2.05, 4.69) is 30.2 Å². The maximum Gasteiger partial charge on any atom is 0.251 e. The van der Waals surface area contributed by atoms with Crippen LogP contribution in [0, 0.1) is 0 Å². The fourth-order valence-corrected chi connectivity index (χ4v) is 2.80. The molecule has 7 nitrogen and oxygen atoms in total. The minimum Gasteiger partial charge on any atom is -0.264 e. The minimum atomic E-state index is 0.501. The lowest BCUT2D eigenvalue weighted by atomic mass is 10.3. The topological polar surface area (TPSA) is 82.3 Å². The zero-order valence-electron chi connectivity index (χ0n) is 11.2. The van der Waals surface area contributed by atoms with Crippen molar-refractivity contribution in [1.29, 1.82) is 0 Å². The van der Waals surface area contributed by atoms with E-state index < -0.39 is 0 Å². The Morgan fingerprint density at radius 1 is 0.864 bits per heavy atom. The number of nitrogens with zero attached hydrogens (tertiary/aromatic N) is 7. The molecule has 0 aliphatic carbocycles. The molecule has 0 saturated heterocycles. The number of aromatic nitrogens is 7. The first-order valence-electron chi connectivity index (χ1n) is 6.47. The minimum absolute atomic E-state index is 0.501. The summed E-state index contributed by atoms with van der Waals surface area (Å²) in [5.74, 6) is 0.501. The lowest BCUT2D eigenvalue weighted by Crippen LogP contribution is -2.03. The van der Waals surface area contributed by atoms with E-state index in [9.17, 15) is 0 Å². The van der Waals surface area contributed by atoms with E-state index in [0.717, 1.165) is 21.3 Å². The first-order chi connectivity index (χ1) is 10.9. The summed E-state index contributed by atoms with van der Waals surface area (Å²) in [5, 5.41) is 14.3. The maximum absolute atomic E-state index is 4.26. The van der Waals surface area contributed by atoms with Crippen molar-refractivity contribution in [1.82, 2.24) is 34.9 Å². The standard InChI is InChI=1S/C14H9N7S/c1-3-10(9-15-5-1)12-19-20-13(22-12)11-4-8-18-21(11)14-16-6-2-7-17-14/h1-9H. The smallest absolute Gasteiger partial charge is 0.251 e. The van der Waals surface area contributed by atoms with Crippen molar-refractivity contribution in [2.75, 3.05) is 0 Å². The molecule has 4 aromatic rings. The van der Waals surface area contributed by atoms with E-state index in [4.69, 9.17) is 0 Å². The molecule has 4 aromatic heterocycles. The SMILES string of the molecule is c1cnc(-n2nccc2-c2nnc(-c3cccnc3)s2)nc1. The molecule has 0 aliphatic rings. The average Bonchev–Trinajstić information content (AvgIpc) is 3.25. The van der Waals surface area contributed by atoms with E-state index in [0.29, 0.717) is 5.95 Å². The second-order valence-corrected chi connectivity index (χ2v) is 5.31. The second-order valence-electron chi connectivity index (χ2n) is 4.33. The summed E-state index contributed by atoms with van der Waals surface area (Å²) < 4.78 is 1.65. The summed E-state index contributed by atoms with van der Waals surface area (Å²) in [6.07, 6.45) is 8.54. The van der Waals surface area contributed by atoms with E-state index in [1.54, 1.807) is 41.7 Å². The van der Waals surface area contributed by atoms with Gasteiger partial charge in [-0.3, -0.25) is 4.98 Å². The number of rotatable bonds is 3. The number of hydrogen-bond donors (Lipinski definition) is 0. The Kier molecular flexibility index (Phi) is 3.13. The van der Waals surface area contributed by atoms with Gasteiger partial charge >= 0.3 is 0 Å². The molecule has 0 amide bonds. The van der Waals surface area contributed by atoms with Crippen molar-refractivity contribution in [3.05, 3.63) is 55.2 Å². The molecular weight excluding hydrogens is 298 g/mol. The molecule has 4 heterocycles. The molecule has 0 N–H and O–H groups in total. The molecule has 4 rings (SSSR count). The van der Waals surface area contributed by atoms with E-state index in [1.807, 2.05) is 18.2 Å². The summed E-state index contributed by atoms with van der Waals surface area (Å²) >= 11 is 1.47. The van der Waals surface area contributed by atoms with Crippen LogP contribution in [-0.4, -0.2) is 34.9 Å². The van der Waals surface area contributed by atoms with Crippen molar-refractivity contribution in [3.63, 3.8) is 0 Å². The molecule has 22 heavy (non-hydrogen) atoms. The zero-order chi connectivity index (χ0) is 14.8. The van der Waals surface area contributed by atoms with Crippen LogP contribution in [0.2, 0.25) is 0 Å². The molecule has 0 bridgehead atoms. The third-order valence-electron chi connectivity index (χ3n) is 2.94. The summed E-state index contributed by atoms with van der Waals surface area (Å²) in [7, 11) is 0. The second kappa shape index (κ2) is 5.41. The highest BCUT2D eigenvalue weighted by atomic mass is 32.1. The van der Waals surface area contributed by atoms with Crippen molar-refractivity contribution in [2.45, 2.75) is 0 Å². The van der Waals surface area contributed by atoms with Crippen molar-refractivity contribution < 1.29 is 0 Å². The number of pyridine rings is 1. The fraction of sp³-hybridized carbons (Fsp3) is 0. The average molecular weight is 307 g/mol. The van der Waals surface area contributed by atoms with Gasteiger partial charge in [0.2, 0.25) is 0 Å². The van der Waals surface area contributed by atoms with Crippen molar-refractivity contribution in [2.24, 2.45) is 0 Å². The highest BCUT2D eigenvalue weighted by molar-refractivity contribution is 7.17. The van der Waals surface area contributed by atoms with E-state index >= 15 is 0 Å². The van der Waals surface area contributed by atoms with Gasteiger partial charge in [0.05, 0.1) is 6.20 Å². The summed E-state index contributed by atoms with van der Waals surface area (Å²) in [6, 6.07) is 7.45. The molecule has 0 fully saturated rings. The van der Waals surface area contributed by atoms with Crippen LogP contribution in [0.25, 0.3) is 27.2 Å². The van der Waals surface area contributed by atoms with Gasteiger partial charge in [0, 0.05) is 30.4 Å². The first-order valence-corrected chi connectivity index (χ1v) is 7.29. The van der Waals surface area contributed by atoms with Gasteiger partial charge in [-0.1, -0.05) is 11.3 Å². The molecule has 106 valence electrons. The Hall–Kier alpha value is -3.00. The van der Waals surface area contributed by atoms with Crippen LogP contribution in [0.1, 0.15) is 0 Å². The Morgan fingerprint density at radius 2 is 1.73 bits per heavy atom. The van der Waals surface area contributed by atoms with Gasteiger partial charge < -0.3 is 0 Å². The van der Waals surface area contributed by atoms with Crippen LogP contribution in [0.4, 0.5) is 0 Å². The van der Waals surface area contributed by atoms with Crippen LogP contribution in [-0.2, 0) is 0 Å².